The van der Waals surface area contributed by atoms with Crippen LogP contribution in [0.5, 0.6) is 0 Å². The van der Waals surface area contributed by atoms with Crippen LogP contribution in [-0.4, -0.2) is 23.8 Å². The maximum Gasteiger partial charge on any atom is 0.314 e. The first kappa shape index (κ1) is 19.4. The highest BCUT2D eigenvalue weighted by Crippen LogP contribution is 2.21. The smallest absolute Gasteiger partial charge is 0.314 e. The average molecular weight is 353 g/mol. The van der Waals surface area contributed by atoms with Gasteiger partial charge in [0.05, 0.1) is 5.92 Å². The second-order valence-electron chi connectivity index (χ2n) is 6.07. The Kier molecular flexibility index (Phi) is 6.67. The van der Waals surface area contributed by atoms with Gasteiger partial charge in [0, 0.05) is 11.3 Å². The van der Waals surface area contributed by atoms with Crippen LogP contribution < -0.4 is 5.32 Å². The van der Waals surface area contributed by atoms with Gasteiger partial charge in [-0.05, 0) is 50.1 Å². The molecule has 0 saturated carbocycles. The van der Waals surface area contributed by atoms with Crippen LogP contribution in [0.1, 0.15) is 49.0 Å². The van der Waals surface area contributed by atoms with E-state index in [1.54, 1.807) is 24.3 Å². The van der Waals surface area contributed by atoms with Crippen molar-refractivity contribution in [2.45, 2.75) is 39.2 Å². The summed E-state index contributed by atoms with van der Waals surface area (Å²) in [5, 5.41) is 2.68. The summed E-state index contributed by atoms with van der Waals surface area (Å²) < 4.78 is 5.35. The molecule has 2 atom stereocenters. The highest BCUT2D eigenvalue weighted by Gasteiger charge is 2.25. The largest absolute Gasteiger partial charge is 0.452 e. The molecule has 0 aromatic heterocycles. The minimum atomic E-state index is -0.923. The molecule has 0 fully saturated rings. The van der Waals surface area contributed by atoms with E-state index >= 15 is 0 Å². The van der Waals surface area contributed by atoms with Gasteiger partial charge in [-0.25, -0.2) is 0 Å². The van der Waals surface area contributed by atoms with Gasteiger partial charge in [0.1, 0.15) is 0 Å². The first-order chi connectivity index (χ1) is 12.4. The van der Waals surface area contributed by atoms with E-state index in [9.17, 15) is 14.4 Å². The third kappa shape index (κ3) is 5.02. The van der Waals surface area contributed by atoms with E-state index in [0.717, 1.165) is 5.56 Å². The molecule has 0 spiro atoms. The first-order valence-electron chi connectivity index (χ1n) is 8.59. The molecule has 0 aliphatic heterocycles. The van der Waals surface area contributed by atoms with Crippen molar-refractivity contribution in [3.63, 3.8) is 0 Å². The van der Waals surface area contributed by atoms with Crippen LogP contribution in [0, 0.1) is 0 Å². The molecular weight excluding hydrogens is 330 g/mol. The lowest BCUT2D eigenvalue weighted by molar-refractivity contribution is -0.154. The molecule has 0 saturated heterocycles. The highest BCUT2D eigenvalue weighted by molar-refractivity contribution is 5.97. The number of esters is 1. The number of amides is 1. The molecule has 1 amide bonds. The van der Waals surface area contributed by atoms with Crippen LogP contribution >= 0.6 is 0 Å². The number of hydrogen-bond donors (Lipinski definition) is 1. The van der Waals surface area contributed by atoms with Gasteiger partial charge in [-0.3, -0.25) is 14.4 Å². The molecule has 1 N–H and O–H groups in total. The van der Waals surface area contributed by atoms with Crippen molar-refractivity contribution in [2.75, 3.05) is 5.32 Å². The number of ether oxygens (including phenoxy) is 1. The lowest BCUT2D eigenvalue weighted by Crippen LogP contribution is -2.31. The molecule has 0 radical (unpaired) electrons. The summed E-state index contributed by atoms with van der Waals surface area (Å²) in [5.41, 5.74) is 1.97. The number of anilines is 1. The molecule has 2 aromatic carbocycles. The summed E-state index contributed by atoms with van der Waals surface area (Å²) in [6.45, 7) is 4.92. The fourth-order valence-electron chi connectivity index (χ4n) is 2.57. The van der Waals surface area contributed by atoms with E-state index in [2.05, 4.69) is 5.32 Å². The number of carbonyl (C=O) groups is 3. The summed E-state index contributed by atoms with van der Waals surface area (Å²) in [6, 6.07) is 15.9. The maximum absolute atomic E-state index is 12.4. The zero-order valence-corrected chi connectivity index (χ0v) is 15.2. The molecule has 5 heteroatoms. The first-order valence-corrected chi connectivity index (χ1v) is 8.59. The van der Waals surface area contributed by atoms with Gasteiger partial charge in [-0.2, -0.15) is 0 Å². The predicted octanol–water partition coefficient (Wildman–Crippen LogP) is 3.95. The van der Waals surface area contributed by atoms with Crippen LogP contribution in [0.15, 0.2) is 54.6 Å². The van der Waals surface area contributed by atoms with Gasteiger partial charge in [0.15, 0.2) is 11.9 Å². The van der Waals surface area contributed by atoms with E-state index in [0.29, 0.717) is 17.7 Å². The number of nitrogens with one attached hydrogen (secondary N) is 1. The molecule has 2 rings (SSSR count). The predicted molar refractivity (Wildman–Crippen MR) is 100 cm³/mol. The van der Waals surface area contributed by atoms with Crippen molar-refractivity contribution in [3.8, 4) is 0 Å². The highest BCUT2D eigenvalue weighted by atomic mass is 16.5. The van der Waals surface area contributed by atoms with Crippen molar-refractivity contribution < 1.29 is 19.1 Å². The fraction of sp³-hybridized carbons (Fsp3) is 0.286. The number of carbonyl (C=O) groups excluding carboxylic acids is 3. The van der Waals surface area contributed by atoms with Crippen molar-refractivity contribution >= 4 is 23.3 Å². The molecule has 26 heavy (non-hydrogen) atoms. The molecule has 5 nitrogen and oxygen atoms in total. The second-order valence-corrected chi connectivity index (χ2v) is 6.07. The third-order valence-corrected chi connectivity index (χ3v) is 4.12. The Balaban J connectivity index is 1.97. The molecular formula is C21H23NO4. The minimum Gasteiger partial charge on any atom is -0.452 e. The Morgan fingerprint density at radius 1 is 1.00 bits per heavy atom. The Hall–Kier alpha value is -2.95. The van der Waals surface area contributed by atoms with Crippen molar-refractivity contribution in [1.82, 2.24) is 0 Å². The van der Waals surface area contributed by atoms with E-state index in [-0.39, 0.29) is 5.78 Å². The van der Waals surface area contributed by atoms with Gasteiger partial charge in [-0.15, -0.1) is 0 Å². The van der Waals surface area contributed by atoms with Gasteiger partial charge in [0.25, 0.3) is 5.91 Å². The number of benzene rings is 2. The zero-order valence-electron chi connectivity index (χ0n) is 15.2. The fourth-order valence-corrected chi connectivity index (χ4v) is 2.57. The van der Waals surface area contributed by atoms with Gasteiger partial charge in [-0.1, -0.05) is 37.3 Å². The minimum absolute atomic E-state index is 0.0447. The quantitative estimate of drug-likeness (QED) is 0.604. The van der Waals surface area contributed by atoms with Crippen molar-refractivity contribution in [2.24, 2.45) is 0 Å². The van der Waals surface area contributed by atoms with E-state index in [1.165, 1.54) is 13.8 Å². The third-order valence-electron chi connectivity index (χ3n) is 4.12. The molecule has 0 heterocycles. The average Bonchev–Trinajstić information content (AvgIpc) is 2.63. The van der Waals surface area contributed by atoms with Crippen molar-refractivity contribution in [1.29, 1.82) is 0 Å². The zero-order chi connectivity index (χ0) is 19.1. The standard InChI is InChI=1S/C21H23NO4/c1-4-19(17-8-6-5-7-9-17)21(25)26-15(3)20(24)22-18-12-10-16(11-13-18)14(2)23/h5-13,15,19H,4H2,1-3H3,(H,22,24). The molecule has 0 aliphatic rings. The Bertz CT molecular complexity index is 768. The lowest BCUT2D eigenvalue weighted by atomic mass is 9.97. The van der Waals surface area contributed by atoms with Crippen LogP contribution in [0.4, 0.5) is 5.69 Å². The summed E-state index contributed by atoms with van der Waals surface area (Å²) in [6.07, 6.45) is -0.336. The maximum atomic E-state index is 12.4. The summed E-state index contributed by atoms with van der Waals surface area (Å²) in [5.74, 6) is -1.29. The summed E-state index contributed by atoms with van der Waals surface area (Å²) >= 11 is 0. The lowest BCUT2D eigenvalue weighted by Gasteiger charge is -2.18. The van der Waals surface area contributed by atoms with Crippen LogP contribution in [0.25, 0.3) is 0 Å². The van der Waals surface area contributed by atoms with Crippen LogP contribution in [0.2, 0.25) is 0 Å². The number of Topliss-reactive ketones (excluding diaryl/α,β-unsaturated/α-hetero) is 1. The van der Waals surface area contributed by atoms with E-state index < -0.39 is 23.9 Å². The molecule has 2 aromatic rings. The Labute approximate surface area is 153 Å². The Morgan fingerprint density at radius 2 is 1.62 bits per heavy atom. The van der Waals surface area contributed by atoms with Gasteiger partial charge in [0.2, 0.25) is 0 Å². The van der Waals surface area contributed by atoms with Gasteiger partial charge < -0.3 is 10.1 Å². The normalized spacial score (nSPS) is 12.7. The van der Waals surface area contributed by atoms with Crippen LogP contribution in [0.3, 0.4) is 0 Å². The number of rotatable bonds is 7. The number of ketones is 1. The molecule has 2 unspecified atom stereocenters. The van der Waals surface area contributed by atoms with Crippen molar-refractivity contribution in [3.05, 3.63) is 65.7 Å². The van der Waals surface area contributed by atoms with Crippen LogP contribution in [-0.2, 0) is 14.3 Å². The summed E-state index contributed by atoms with van der Waals surface area (Å²) in [7, 11) is 0. The number of hydrogen-bond acceptors (Lipinski definition) is 4. The topological polar surface area (TPSA) is 72.5 Å². The SMILES string of the molecule is CCC(C(=O)OC(C)C(=O)Nc1ccc(C(C)=O)cc1)c1ccccc1. The van der Waals surface area contributed by atoms with E-state index in [1.807, 2.05) is 37.3 Å². The van der Waals surface area contributed by atoms with Gasteiger partial charge >= 0.3 is 5.97 Å². The summed E-state index contributed by atoms with van der Waals surface area (Å²) in [4.78, 5) is 36.0. The van der Waals surface area contributed by atoms with E-state index in [4.69, 9.17) is 4.74 Å². The monoisotopic (exact) mass is 353 g/mol. The second kappa shape index (κ2) is 8.94. The molecule has 0 bridgehead atoms. The molecule has 0 aliphatic carbocycles. The molecule has 136 valence electrons. The Morgan fingerprint density at radius 3 is 2.15 bits per heavy atom.